The molecule has 2 fully saturated rings. The Bertz CT molecular complexity index is 249. The summed E-state index contributed by atoms with van der Waals surface area (Å²) in [4.78, 5) is 2.63. The van der Waals surface area contributed by atoms with Crippen molar-refractivity contribution in [2.45, 2.75) is 58.0 Å². The monoisotopic (exact) mass is 270 g/mol. The molecule has 0 bridgehead atoms. The normalized spacial score (nSPS) is 27.7. The summed E-state index contributed by atoms with van der Waals surface area (Å²) < 4.78 is 0. The second-order valence-electron chi connectivity index (χ2n) is 6.65. The minimum Gasteiger partial charge on any atom is -0.313 e. The maximum absolute atomic E-state index is 3.75. The number of thioether (sulfide) groups is 1. The smallest absolute Gasteiger partial charge is 0.0191 e. The maximum Gasteiger partial charge on any atom is 0.0191 e. The summed E-state index contributed by atoms with van der Waals surface area (Å²) in [6.07, 6.45) is 6.83. The zero-order chi connectivity index (χ0) is 13.0. The fourth-order valence-electron chi connectivity index (χ4n) is 3.11. The Labute approximate surface area is 117 Å². The molecule has 2 rings (SSSR count). The minimum absolute atomic E-state index is 0.458. The zero-order valence-electron chi connectivity index (χ0n) is 12.4. The summed E-state index contributed by atoms with van der Waals surface area (Å²) in [5, 5.41) is 3.75. The lowest BCUT2D eigenvalue weighted by molar-refractivity contribution is 0.144. The van der Waals surface area contributed by atoms with Gasteiger partial charge in [-0.15, -0.1) is 0 Å². The van der Waals surface area contributed by atoms with Crippen molar-refractivity contribution in [2.24, 2.45) is 5.41 Å². The first-order valence-electron chi connectivity index (χ1n) is 7.64. The molecular weight excluding hydrogens is 240 g/mol. The quantitative estimate of drug-likeness (QED) is 0.730. The molecule has 106 valence electrons. The molecule has 2 aliphatic rings. The van der Waals surface area contributed by atoms with Crippen LogP contribution in [0.5, 0.6) is 0 Å². The summed E-state index contributed by atoms with van der Waals surface area (Å²) in [7, 11) is 2.33. The van der Waals surface area contributed by atoms with Crippen molar-refractivity contribution in [1.29, 1.82) is 0 Å². The van der Waals surface area contributed by atoms with Crippen molar-refractivity contribution in [3.63, 3.8) is 0 Å². The molecule has 18 heavy (non-hydrogen) atoms. The summed E-state index contributed by atoms with van der Waals surface area (Å²) in [5.41, 5.74) is 0.458. The van der Waals surface area contributed by atoms with E-state index in [4.69, 9.17) is 0 Å². The van der Waals surface area contributed by atoms with E-state index in [-0.39, 0.29) is 0 Å². The van der Waals surface area contributed by atoms with E-state index < -0.39 is 0 Å². The van der Waals surface area contributed by atoms with Gasteiger partial charge in [-0.05, 0) is 43.9 Å². The van der Waals surface area contributed by atoms with Crippen molar-refractivity contribution in [1.82, 2.24) is 10.2 Å². The standard InChI is InChI=1S/C15H30N2S/c1-4-8-15(2,11-16-13-5-6-13)12-17(3)14-7-9-18-10-14/h13-14,16H,4-12H2,1-3H3. The van der Waals surface area contributed by atoms with Gasteiger partial charge in [0.1, 0.15) is 0 Å². The molecule has 1 saturated heterocycles. The molecule has 1 heterocycles. The minimum atomic E-state index is 0.458. The fraction of sp³-hybridized carbons (Fsp3) is 1.00. The van der Waals surface area contributed by atoms with Crippen LogP contribution in [-0.4, -0.2) is 48.6 Å². The largest absolute Gasteiger partial charge is 0.313 e. The van der Waals surface area contributed by atoms with Crippen LogP contribution in [0, 0.1) is 5.41 Å². The van der Waals surface area contributed by atoms with Crippen LogP contribution in [0.2, 0.25) is 0 Å². The van der Waals surface area contributed by atoms with Gasteiger partial charge in [-0.2, -0.15) is 11.8 Å². The van der Waals surface area contributed by atoms with E-state index in [2.05, 4.69) is 42.9 Å². The van der Waals surface area contributed by atoms with Gasteiger partial charge in [0, 0.05) is 30.9 Å². The average molecular weight is 270 g/mol. The van der Waals surface area contributed by atoms with Gasteiger partial charge in [-0.25, -0.2) is 0 Å². The molecule has 0 aromatic carbocycles. The summed E-state index contributed by atoms with van der Waals surface area (Å²) >= 11 is 2.12. The van der Waals surface area contributed by atoms with Crippen molar-refractivity contribution in [3.8, 4) is 0 Å². The molecule has 2 unspecified atom stereocenters. The van der Waals surface area contributed by atoms with E-state index in [9.17, 15) is 0 Å². The molecule has 1 N–H and O–H groups in total. The molecule has 1 aliphatic heterocycles. The molecular formula is C15H30N2S. The lowest BCUT2D eigenvalue weighted by Gasteiger charge is -2.36. The molecule has 0 aromatic heterocycles. The topological polar surface area (TPSA) is 15.3 Å². The molecule has 0 amide bonds. The van der Waals surface area contributed by atoms with Crippen LogP contribution in [0.4, 0.5) is 0 Å². The van der Waals surface area contributed by atoms with Gasteiger partial charge >= 0.3 is 0 Å². The van der Waals surface area contributed by atoms with Gasteiger partial charge in [-0.3, -0.25) is 0 Å². The van der Waals surface area contributed by atoms with Crippen LogP contribution in [0.1, 0.15) is 46.0 Å². The highest BCUT2D eigenvalue weighted by atomic mass is 32.2. The predicted molar refractivity (Wildman–Crippen MR) is 82.4 cm³/mol. The Morgan fingerprint density at radius 1 is 1.33 bits per heavy atom. The van der Waals surface area contributed by atoms with Crippen LogP contribution < -0.4 is 5.32 Å². The van der Waals surface area contributed by atoms with Crippen LogP contribution >= 0.6 is 11.8 Å². The van der Waals surface area contributed by atoms with Crippen molar-refractivity contribution in [2.75, 3.05) is 31.6 Å². The van der Waals surface area contributed by atoms with E-state index in [1.807, 2.05) is 0 Å². The highest BCUT2D eigenvalue weighted by molar-refractivity contribution is 7.99. The molecule has 0 spiro atoms. The van der Waals surface area contributed by atoms with E-state index in [0.717, 1.165) is 12.1 Å². The number of hydrogen-bond acceptors (Lipinski definition) is 3. The molecule has 0 radical (unpaired) electrons. The Balaban J connectivity index is 1.81. The molecule has 2 atom stereocenters. The Kier molecular flexibility index (Phi) is 5.40. The molecule has 1 aliphatic carbocycles. The predicted octanol–water partition coefficient (Wildman–Crippen LogP) is 2.98. The third-order valence-electron chi connectivity index (χ3n) is 4.41. The van der Waals surface area contributed by atoms with Crippen LogP contribution in [0.15, 0.2) is 0 Å². The summed E-state index contributed by atoms with van der Waals surface area (Å²) in [5.74, 6) is 2.70. The Morgan fingerprint density at radius 3 is 2.67 bits per heavy atom. The summed E-state index contributed by atoms with van der Waals surface area (Å²) in [6.45, 7) is 7.26. The number of nitrogens with zero attached hydrogens (tertiary/aromatic N) is 1. The zero-order valence-corrected chi connectivity index (χ0v) is 13.2. The van der Waals surface area contributed by atoms with Crippen LogP contribution in [0.25, 0.3) is 0 Å². The van der Waals surface area contributed by atoms with Gasteiger partial charge in [0.25, 0.3) is 0 Å². The van der Waals surface area contributed by atoms with E-state index >= 15 is 0 Å². The first kappa shape index (κ1) is 14.7. The molecule has 2 nitrogen and oxygen atoms in total. The first-order chi connectivity index (χ1) is 8.63. The van der Waals surface area contributed by atoms with Crippen LogP contribution in [-0.2, 0) is 0 Å². The first-order valence-corrected chi connectivity index (χ1v) is 8.80. The average Bonchev–Trinajstić information content (AvgIpc) is 2.99. The molecule has 3 heteroatoms. The van der Waals surface area contributed by atoms with Crippen molar-refractivity contribution >= 4 is 11.8 Å². The number of hydrogen-bond donors (Lipinski definition) is 1. The van der Waals surface area contributed by atoms with Gasteiger partial charge in [0.15, 0.2) is 0 Å². The van der Waals surface area contributed by atoms with Gasteiger partial charge < -0.3 is 10.2 Å². The Hall–Kier alpha value is 0.270. The number of nitrogens with one attached hydrogen (secondary N) is 1. The highest BCUT2D eigenvalue weighted by Gasteiger charge is 2.31. The molecule has 1 saturated carbocycles. The van der Waals surface area contributed by atoms with E-state index in [1.54, 1.807) is 0 Å². The van der Waals surface area contributed by atoms with Gasteiger partial charge in [0.2, 0.25) is 0 Å². The van der Waals surface area contributed by atoms with E-state index in [1.165, 1.54) is 56.7 Å². The fourth-order valence-corrected chi connectivity index (χ4v) is 4.40. The lowest BCUT2D eigenvalue weighted by Crippen LogP contribution is -2.45. The second-order valence-corrected chi connectivity index (χ2v) is 7.80. The maximum atomic E-state index is 3.75. The third-order valence-corrected chi connectivity index (χ3v) is 5.55. The SMILES string of the molecule is CCCC(C)(CNC1CC1)CN(C)C1CCSC1. The van der Waals surface area contributed by atoms with Gasteiger partial charge in [0.05, 0.1) is 0 Å². The summed E-state index contributed by atoms with van der Waals surface area (Å²) in [6, 6.07) is 1.67. The Morgan fingerprint density at radius 2 is 2.11 bits per heavy atom. The van der Waals surface area contributed by atoms with Crippen molar-refractivity contribution in [3.05, 3.63) is 0 Å². The van der Waals surface area contributed by atoms with Crippen molar-refractivity contribution < 1.29 is 0 Å². The second kappa shape index (κ2) is 6.62. The number of rotatable bonds is 8. The van der Waals surface area contributed by atoms with E-state index in [0.29, 0.717) is 5.41 Å². The van der Waals surface area contributed by atoms with Gasteiger partial charge in [-0.1, -0.05) is 20.3 Å². The third kappa shape index (κ3) is 4.43. The van der Waals surface area contributed by atoms with Crippen LogP contribution in [0.3, 0.4) is 0 Å². The lowest BCUT2D eigenvalue weighted by atomic mass is 9.84. The highest BCUT2D eigenvalue weighted by Crippen LogP contribution is 2.29. The molecule has 0 aromatic rings.